The Morgan fingerprint density at radius 3 is 2.50 bits per heavy atom. The predicted octanol–water partition coefficient (Wildman–Crippen LogP) is 2.36. The van der Waals surface area contributed by atoms with Crippen LogP contribution in [0, 0.1) is 0 Å². The molecule has 0 bridgehead atoms. The van der Waals surface area contributed by atoms with Crippen LogP contribution in [-0.2, 0) is 14.8 Å². The van der Waals surface area contributed by atoms with Crippen LogP contribution >= 0.6 is 11.3 Å². The molecule has 1 aromatic carbocycles. The Morgan fingerprint density at radius 2 is 1.89 bits per heavy atom. The minimum Gasteiger partial charge on any atom is -0.344 e. The number of hydrogen-bond acceptors (Lipinski definition) is 5. The summed E-state index contributed by atoms with van der Waals surface area (Å²) in [5.41, 5.74) is 1.07. The van der Waals surface area contributed by atoms with Crippen LogP contribution in [-0.4, -0.2) is 51.2 Å². The zero-order valence-electron chi connectivity index (χ0n) is 16.0. The van der Waals surface area contributed by atoms with Gasteiger partial charge in [0.1, 0.15) is 0 Å². The minimum atomic E-state index is -3.16. The summed E-state index contributed by atoms with van der Waals surface area (Å²) in [6.45, 7) is 2.28. The number of piperidine rings is 1. The van der Waals surface area contributed by atoms with Crippen LogP contribution in [0.3, 0.4) is 0 Å². The topological polar surface area (TPSA) is 78.5 Å². The van der Waals surface area contributed by atoms with Crippen LogP contribution in [0.4, 0.5) is 0 Å². The Kier molecular flexibility index (Phi) is 7.23. The summed E-state index contributed by atoms with van der Waals surface area (Å²) in [4.78, 5) is 15.9. The Hall–Kier alpha value is -1.74. The van der Waals surface area contributed by atoms with Crippen molar-refractivity contribution >= 4 is 27.3 Å². The van der Waals surface area contributed by atoms with E-state index >= 15 is 0 Å². The number of carbonyl (C=O) groups is 1. The monoisotopic (exact) mass is 421 g/mol. The second-order valence-corrected chi connectivity index (χ2v) is 9.94. The normalized spacial score (nSPS) is 17.3. The summed E-state index contributed by atoms with van der Waals surface area (Å²) in [5, 5.41) is 5.19. The van der Waals surface area contributed by atoms with Gasteiger partial charge in [-0.25, -0.2) is 13.1 Å². The van der Waals surface area contributed by atoms with E-state index in [0.717, 1.165) is 36.4 Å². The number of nitrogens with zero attached hydrogens (tertiary/aromatic N) is 1. The highest BCUT2D eigenvalue weighted by atomic mass is 32.2. The number of nitrogens with one attached hydrogen (secondary N) is 2. The summed E-state index contributed by atoms with van der Waals surface area (Å²) in [7, 11) is -3.16. The van der Waals surface area contributed by atoms with Gasteiger partial charge in [0.25, 0.3) is 0 Å². The molecule has 6 nitrogen and oxygen atoms in total. The molecule has 1 aliphatic heterocycles. The molecule has 1 amide bonds. The summed E-state index contributed by atoms with van der Waals surface area (Å²) in [6.07, 6.45) is 3.17. The van der Waals surface area contributed by atoms with Gasteiger partial charge in [-0.3, -0.25) is 4.79 Å². The number of hydrogen-bond donors (Lipinski definition) is 2. The van der Waals surface area contributed by atoms with Crippen LogP contribution in [0.2, 0.25) is 0 Å². The Bertz CT molecular complexity index is 846. The Morgan fingerprint density at radius 1 is 1.18 bits per heavy atom. The molecule has 2 N–H and O–H groups in total. The Balaban J connectivity index is 1.49. The first-order chi connectivity index (χ1) is 13.4. The molecular formula is C20H27N3O3S2. The lowest BCUT2D eigenvalue weighted by Crippen LogP contribution is -2.45. The van der Waals surface area contributed by atoms with E-state index in [4.69, 9.17) is 0 Å². The molecule has 1 fully saturated rings. The molecule has 8 heteroatoms. The lowest BCUT2D eigenvalue weighted by atomic mass is 10.0. The second kappa shape index (κ2) is 9.65. The summed E-state index contributed by atoms with van der Waals surface area (Å²) >= 11 is 1.64. The van der Waals surface area contributed by atoms with E-state index in [1.807, 2.05) is 47.8 Å². The SMILES string of the molecule is CS(=O)(=O)NC1CCN(CCC(=O)N[C@H](c2ccccc2)c2cccs2)CC1. The highest BCUT2D eigenvalue weighted by molar-refractivity contribution is 7.88. The number of rotatable bonds is 8. The third kappa shape index (κ3) is 6.41. The molecule has 3 rings (SSSR count). The van der Waals surface area contributed by atoms with E-state index in [2.05, 4.69) is 14.9 Å². The third-order valence-electron chi connectivity index (χ3n) is 4.89. The summed E-state index contributed by atoms with van der Waals surface area (Å²) in [5.74, 6) is 0.0265. The van der Waals surface area contributed by atoms with Gasteiger partial charge < -0.3 is 10.2 Å². The van der Waals surface area contributed by atoms with Crippen molar-refractivity contribution in [3.63, 3.8) is 0 Å². The lowest BCUT2D eigenvalue weighted by Gasteiger charge is -2.31. The van der Waals surface area contributed by atoms with Crippen molar-refractivity contribution in [1.29, 1.82) is 0 Å². The van der Waals surface area contributed by atoms with Gasteiger partial charge in [-0.05, 0) is 42.9 Å². The molecule has 1 atom stereocenters. The van der Waals surface area contributed by atoms with Crippen molar-refractivity contribution in [3.05, 3.63) is 58.3 Å². The highest BCUT2D eigenvalue weighted by Gasteiger charge is 2.23. The van der Waals surface area contributed by atoms with E-state index in [9.17, 15) is 13.2 Å². The maximum atomic E-state index is 12.6. The lowest BCUT2D eigenvalue weighted by molar-refractivity contribution is -0.122. The maximum Gasteiger partial charge on any atom is 0.222 e. The quantitative estimate of drug-likeness (QED) is 0.686. The van der Waals surface area contributed by atoms with E-state index in [-0.39, 0.29) is 18.0 Å². The first-order valence-electron chi connectivity index (χ1n) is 9.48. The van der Waals surface area contributed by atoms with Crippen molar-refractivity contribution in [2.45, 2.75) is 31.3 Å². The molecule has 1 aromatic heterocycles. The van der Waals surface area contributed by atoms with Crippen LogP contribution in [0.15, 0.2) is 47.8 Å². The van der Waals surface area contributed by atoms with Crippen molar-refractivity contribution < 1.29 is 13.2 Å². The Labute approximate surface area is 171 Å². The van der Waals surface area contributed by atoms with Gasteiger partial charge in [0.05, 0.1) is 12.3 Å². The molecule has 0 radical (unpaired) electrons. The van der Waals surface area contributed by atoms with Gasteiger partial charge >= 0.3 is 0 Å². The first-order valence-corrected chi connectivity index (χ1v) is 12.3. The largest absolute Gasteiger partial charge is 0.344 e. The fourth-order valence-electron chi connectivity index (χ4n) is 3.49. The van der Waals surface area contributed by atoms with E-state index in [0.29, 0.717) is 13.0 Å². The molecule has 1 saturated heterocycles. The zero-order valence-corrected chi connectivity index (χ0v) is 17.6. The van der Waals surface area contributed by atoms with E-state index < -0.39 is 10.0 Å². The molecule has 0 unspecified atom stereocenters. The molecule has 152 valence electrons. The van der Waals surface area contributed by atoms with Gasteiger partial charge in [0.2, 0.25) is 15.9 Å². The first kappa shape index (κ1) is 21.0. The maximum absolute atomic E-state index is 12.6. The number of carbonyl (C=O) groups excluding carboxylic acids is 1. The summed E-state index contributed by atoms with van der Waals surface area (Å²) in [6, 6.07) is 13.9. The molecule has 28 heavy (non-hydrogen) atoms. The van der Waals surface area contributed by atoms with Gasteiger partial charge in [-0.1, -0.05) is 36.4 Å². The number of thiophene rings is 1. The van der Waals surface area contributed by atoms with Gasteiger partial charge in [0, 0.05) is 23.9 Å². The molecular weight excluding hydrogens is 394 g/mol. The predicted molar refractivity (Wildman–Crippen MR) is 113 cm³/mol. The highest BCUT2D eigenvalue weighted by Crippen LogP contribution is 2.26. The molecule has 1 aliphatic rings. The van der Waals surface area contributed by atoms with Crippen LogP contribution in [0.1, 0.15) is 35.7 Å². The van der Waals surface area contributed by atoms with Gasteiger partial charge in [0.15, 0.2) is 0 Å². The van der Waals surface area contributed by atoms with Gasteiger partial charge in [-0.2, -0.15) is 0 Å². The molecule has 0 aliphatic carbocycles. The van der Waals surface area contributed by atoms with E-state index in [1.165, 1.54) is 6.26 Å². The van der Waals surface area contributed by atoms with Crippen molar-refractivity contribution in [3.8, 4) is 0 Å². The standard InChI is InChI=1S/C20H27N3O3S2/c1-28(25,26)22-17-9-12-23(13-10-17)14-11-19(24)21-20(18-8-5-15-27-18)16-6-3-2-4-7-16/h2-8,15,17,20,22H,9-14H2,1H3,(H,21,24)/t20-/m1/s1. The second-order valence-electron chi connectivity index (χ2n) is 7.18. The number of likely N-dealkylation sites (tertiary alicyclic amines) is 1. The van der Waals surface area contributed by atoms with Gasteiger partial charge in [-0.15, -0.1) is 11.3 Å². The smallest absolute Gasteiger partial charge is 0.222 e. The number of benzene rings is 1. The average Bonchev–Trinajstić information content (AvgIpc) is 3.19. The third-order valence-corrected chi connectivity index (χ3v) is 6.59. The summed E-state index contributed by atoms with van der Waals surface area (Å²) < 4.78 is 25.3. The molecule has 0 saturated carbocycles. The van der Waals surface area contributed by atoms with Crippen LogP contribution in [0.25, 0.3) is 0 Å². The fourth-order valence-corrected chi connectivity index (χ4v) is 5.13. The zero-order chi connectivity index (χ0) is 20.0. The number of sulfonamides is 1. The molecule has 2 aromatic rings. The average molecular weight is 422 g/mol. The van der Waals surface area contributed by atoms with Crippen LogP contribution < -0.4 is 10.0 Å². The molecule has 2 heterocycles. The van der Waals surface area contributed by atoms with Crippen molar-refractivity contribution in [1.82, 2.24) is 14.9 Å². The van der Waals surface area contributed by atoms with E-state index in [1.54, 1.807) is 11.3 Å². The minimum absolute atomic E-state index is 0.00126. The van der Waals surface area contributed by atoms with Crippen molar-refractivity contribution in [2.24, 2.45) is 0 Å². The molecule has 0 spiro atoms. The van der Waals surface area contributed by atoms with Crippen molar-refractivity contribution in [2.75, 3.05) is 25.9 Å². The number of amides is 1. The van der Waals surface area contributed by atoms with Crippen LogP contribution in [0.5, 0.6) is 0 Å². The fraction of sp³-hybridized carbons (Fsp3) is 0.450.